The maximum atomic E-state index is 13.1. The summed E-state index contributed by atoms with van der Waals surface area (Å²) in [5.41, 5.74) is -0.686. The molecule has 1 atom stereocenters. The van der Waals surface area contributed by atoms with Crippen LogP contribution in [0.3, 0.4) is 0 Å². The first-order valence-corrected chi connectivity index (χ1v) is 9.79. The molecule has 0 aliphatic heterocycles. The Hall–Kier alpha value is -1.89. The van der Waals surface area contributed by atoms with Crippen molar-refractivity contribution in [1.82, 2.24) is 5.32 Å². The monoisotopic (exact) mass is 387 g/mol. The van der Waals surface area contributed by atoms with Gasteiger partial charge in [0.15, 0.2) is 6.04 Å². The van der Waals surface area contributed by atoms with Crippen molar-refractivity contribution >= 4 is 25.0 Å². The maximum absolute atomic E-state index is 13.1. The van der Waals surface area contributed by atoms with E-state index in [4.69, 9.17) is 13.8 Å². The van der Waals surface area contributed by atoms with Gasteiger partial charge < -0.3 is 24.2 Å². The minimum atomic E-state index is -3.74. The number of aliphatic carboxylic acids is 1. The van der Waals surface area contributed by atoms with Crippen molar-refractivity contribution in [3.63, 3.8) is 0 Å². The van der Waals surface area contributed by atoms with E-state index in [1.165, 1.54) is 12.1 Å². The van der Waals surface area contributed by atoms with E-state index < -0.39 is 31.3 Å². The van der Waals surface area contributed by atoms with Gasteiger partial charge in [-0.15, -0.1) is 0 Å². The van der Waals surface area contributed by atoms with E-state index in [-0.39, 0.29) is 24.1 Å². The third-order valence-corrected chi connectivity index (χ3v) is 5.24. The van der Waals surface area contributed by atoms with Gasteiger partial charge in [-0.2, -0.15) is 0 Å². The van der Waals surface area contributed by atoms with E-state index in [9.17, 15) is 19.3 Å². The first-order chi connectivity index (χ1) is 12.0. The Morgan fingerprint density at radius 3 is 2.15 bits per heavy atom. The van der Waals surface area contributed by atoms with Crippen LogP contribution in [0.15, 0.2) is 24.3 Å². The summed E-state index contributed by atoms with van der Waals surface area (Å²) < 4.78 is 28.8. The molecule has 0 fully saturated rings. The average molecular weight is 387 g/mol. The van der Waals surface area contributed by atoms with E-state index in [0.717, 1.165) is 0 Å². The Kier molecular flexibility index (Phi) is 7.81. The summed E-state index contributed by atoms with van der Waals surface area (Å²) >= 11 is 0. The van der Waals surface area contributed by atoms with Crippen LogP contribution in [0.5, 0.6) is 0 Å². The van der Waals surface area contributed by atoms with Crippen molar-refractivity contribution in [2.75, 3.05) is 13.2 Å². The molecule has 9 heteroatoms. The number of hydrogen-bond acceptors (Lipinski definition) is 6. The number of carbonyl (C=O) groups is 2. The topological polar surface area (TPSA) is 111 Å². The number of amides is 1. The molecule has 0 saturated carbocycles. The van der Waals surface area contributed by atoms with Crippen LogP contribution in [0.2, 0.25) is 0 Å². The summed E-state index contributed by atoms with van der Waals surface area (Å²) in [5.74, 6) is -1.33. The summed E-state index contributed by atoms with van der Waals surface area (Å²) in [5, 5.41) is 12.0. The molecule has 0 heterocycles. The van der Waals surface area contributed by atoms with Gasteiger partial charge in [-0.25, -0.2) is 9.59 Å². The molecule has 146 valence electrons. The van der Waals surface area contributed by atoms with Crippen LogP contribution in [0.1, 0.15) is 46.2 Å². The van der Waals surface area contributed by atoms with Crippen LogP contribution < -0.4 is 10.6 Å². The van der Waals surface area contributed by atoms with Crippen LogP contribution in [-0.2, 0) is 23.1 Å². The van der Waals surface area contributed by atoms with Crippen molar-refractivity contribution in [3.8, 4) is 0 Å². The van der Waals surface area contributed by atoms with Crippen LogP contribution >= 0.6 is 7.60 Å². The fraction of sp³-hybridized carbons (Fsp3) is 0.529. The molecule has 8 nitrogen and oxygen atoms in total. The third-order valence-electron chi connectivity index (χ3n) is 3.05. The molecule has 0 aliphatic rings. The Morgan fingerprint density at radius 2 is 1.69 bits per heavy atom. The van der Waals surface area contributed by atoms with Crippen LogP contribution in [-0.4, -0.2) is 36.0 Å². The molecule has 0 aromatic heterocycles. The molecule has 0 aliphatic carbocycles. The lowest BCUT2D eigenvalue weighted by Gasteiger charge is -2.25. The van der Waals surface area contributed by atoms with Crippen LogP contribution in [0.25, 0.3) is 0 Å². The van der Waals surface area contributed by atoms with Crippen LogP contribution in [0, 0.1) is 0 Å². The lowest BCUT2D eigenvalue weighted by Crippen LogP contribution is -2.39. The van der Waals surface area contributed by atoms with Gasteiger partial charge in [-0.1, -0.05) is 18.2 Å². The second kappa shape index (κ2) is 9.16. The molecule has 1 rings (SSSR count). The Bertz CT molecular complexity index is 674. The van der Waals surface area contributed by atoms with Gasteiger partial charge in [0.1, 0.15) is 5.60 Å². The second-order valence-corrected chi connectivity index (χ2v) is 8.30. The lowest BCUT2D eigenvalue weighted by molar-refractivity contribution is -0.139. The number of nitrogens with one attached hydrogen (secondary N) is 1. The summed E-state index contributed by atoms with van der Waals surface area (Å²) in [6.45, 7) is 8.52. The number of rotatable bonds is 8. The van der Waals surface area contributed by atoms with Crippen LogP contribution in [0.4, 0.5) is 4.79 Å². The fourth-order valence-corrected chi connectivity index (χ4v) is 4.02. The zero-order valence-corrected chi connectivity index (χ0v) is 16.5. The molecule has 0 saturated heterocycles. The molecule has 2 N–H and O–H groups in total. The fourth-order valence-electron chi connectivity index (χ4n) is 2.20. The largest absolute Gasteiger partial charge is 0.479 e. The molecule has 1 aromatic rings. The van der Waals surface area contributed by atoms with Gasteiger partial charge in [-0.05, 0) is 40.7 Å². The number of carbonyl (C=O) groups excluding carboxylic acids is 1. The van der Waals surface area contributed by atoms with Gasteiger partial charge in [-0.3, -0.25) is 4.57 Å². The van der Waals surface area contributed by atoms with Gasteiger partial charge in [0.2, 0.25) is 0 Å². The summed E-state index contributed by atoms with van der Waals surface area (Å²) in [6.07, 6.45) is -0.901. The van der Waals surface area contributed by atoms with Crippen molar-refractivity contribution in [2.45, 2.75) is 46.3 Å². The van der Waals surface area contributed by atoms with Gasteiger partial charge in [0.05, 0.1) is 18.5 Å². The van der Waals surface area contributed by atoms with Gasteiger partial charge in [0, 0.05) is 5.56 Å². The Labute approximate surface area is 153 Å². The summed E-state index contributed by atoms with van der Waals surface area (Å²) in [6, 6.07) is 4.61. The molecule has 0 radical (unpaired) electrons. The number of ether oxygens (including phenoxy) is 1. The van der Waals surface area contributed by atoms with E-state index in [1.54, 1.807) is 46.8 Å². The highest BCUT2D eigenvalue weighted by Crippen LogP contribution is 2.48. The molecule has 0 bridgehead atoms. The van der Waals surface area contributed by atoms with Gasteiger partial charge in [0.25, 0.3) is 0 Å². The van der Waals surface area contributed by atoms with E-state index in [1.807, 2.05) is 0 Å². The number of carboxylic acid groups (broad SMARTS) is 1. The molecular weight excluding hydrogens is 361 g/mol. The summed E-state index contributed by atoms with van der Waals surface area (Å²) in [7, 11) is -3.74. The Balaban J connectivity index is 3.31. The zero-order valence-electron chi connectivity index (χ0n) is 15.6. The number of alkyl carbamates (subject to hydrolysis) is 1. The van der Waals surface area contributed by atoms with E-state index in [2.05, 4.69) is 5.32 Å². The SMILES string of the molecule is CCOP(=O)(OCC)c1ccccc1C(NC(=O)OC(C)(C)C)C(=O)O. The second-order valence-electron chi connectivity index (χ2n) is 6.31. The zero-order chi connectivity index (χ0) is 20.0. The highest BCUT2D eigenvalue weighted by Gasteiger charge is 2.35. The standard InChI is InChI=1S/C17H26NO7P/c1-6-23-26(22,24-7-2)13-11-9-8-10-12(13)14(15(19)20)18-16(21)25-17(3,4)5/h8-11,14H,6-7H2,1-5H3,(H,18,21)(H,19,20). The number of benzene rings is 1. The highest BCUT2D eigenvalue weighted by molar-refractivity contribution is 7.62. The van der Waals surface area contributed by atoms with Crippen molar-refractivity contribution < 1.29 is 33.0 Å². The molecular formula is C17H26NO7P. The molecule has 26 heavy (non-hydrogen) atoms. The molecule has 0 spiro atoms. The smallest absolute Gasteiger partial charge is 0.408 e. The molecule has 1 amide bonds. The maximum Gasteiger partial charge on any atom is 0.408 e. The van der Waals surface area contributed by atoms with E-state index in [0.29, 0.717) is 0 Å². The quantitative estimate of drug-likeness (QED) is 0.659. The van der Waals surface area contributed by atoms with Crippen molar-refractivity contribution in [1.29, 1.82) is 0 Å². The average Bonchev–Trinajstić information content (AvgIpc) is 2.51. The first-order valence-electron chi connectivity index (χ1n) is 8.25. The predicted octanol–water partition coefficient (Wildman–Crippen LogP) is 3.23. The lowest BCUT2D eigenvalue weighted by atomic mass is 10.1. The minimum Gasteiger partial charge on any atom is -0.479 e. The number of hydrogen-bond donors (Lipinski definition) is 2. The minimum absolute atomic E-state index is 0.0900. The highest BCUT2D eigenvalue weighted by atomic mass is 31.2. The predicted molar refractivity (Wildman–Crippen MR) is 96.7 cm³/mol. The molecule has 1 unspecified atom stereocenters. The third kappa shape index (κ3) is 6.12. The molecule has 1 aromatic carbocycles. The van der Waals surface area contributed by atoms with Gasteiger partial charge >= 0.3 is 19.7 Å². The Morgan fingerprint density at radius 1 is 1.15 bits per heavy atom. The van der Waals surface area contributed by atoms with Crippen molar-refractivity contribution in [2.24, 2.45) is 0 Å². The first kappa shape index (κ1) is 22.2. The van der Waals surface area contributed by atoms with E-state index >= 15 is 0 Å². The normalized spacial score (nSPS) is 13.1. The summed E-state index contributed by atoms with van der Waals surface area (Å²) in [4.78, 5) is 23.8. The van der Waals surface area contributed by atoms with Crippen molar-refractivity contribution in [3.05, 3.63) is 29.8 Å². The number of carboxylic acids is 1.